The fourth-order valence-electron chi connectivity index (χ4n) is 2.00. The zero-order valence-corrected chi connectivity index (χ0v) is 14.0. The number of halogens is 3. The van der Waals surface area contributed by atoms with E-state index < -0.39 is 27.9 Å². The summed E-state index contributed by atoms with van der Waals surface area (Å²) in [5.41, 5.74) is 4.08. The van der Waals surface area contributed by atoms with Gasteiger partial charge in [0.25, 0.3) is 5.69 Å². The van der Waals surface area contributed by atoms with Crippen LogP contribution in [0.25, 0.3) is 0 Å². The van der Waals surface area contributed by atoms with Crippen molar-refractivity contribution in [1.29, 1.82) is 0 Å². The molecule has 2 rings (SSSR count). The molecule has 0 saturated carbocycles. The van der Waals surface area contributed by atoms with Crippen molar-refractivity contribution in [3.8, 4) is 0 Å². The maximum absolute atomic E-state index is 13.0. The second-order valence-electron chi connectivity index (χ2n) is 4.95. The molecule has 0 saturated heterocycles. The molecule has 0 spiro atoms. The van der Waals surface area contributed by atoms with Crippen molar-refractivity contribution in [2.24, 2.45) is 15.9 Å². The first-order valence-corrected chi connectivity index (χ1v) is 8.15. The van der Waals surface area contributed by atoms with Crippen molar-refractivity contribution in [3.63, 3.8) is 0 Å². The van der Waals surface area contributed by atoms with Crippen LogP contribution in [0.15, 0.2) is 58.7 Å². The highest BCUT2D eigenvalue weighted by atomic mass is 32.2. The number of hydrogen-bond donors (Lipinski definition) is 1. The van der Waals surface area contributed by atoms with Gasteiger partial charge in [-0.1, -0.05) is 48.2 Å². The average Bonchev–Trinajstić information content (AvgIpc) is 2.60. The van der Waals surface area contributed by atoms with Gasteiger partial charge >= 0.3 is 6.18 Å². The van der Waals surface area contributed by atoms with Gasteiger partial charge < -0.3 is 5.73 Å². The molecule has 0 amide bonds. The molecule has 0 aliphatic carbocycles. The first-order valence-electron chi connectivity index (χ1n) is 7.17. The van der Waals surface area contributed by atoms with Crippen LogP contribution in [0, 0.1) is 10.1 Å². The third kappa shape index (κ3) is 5.31. The van der Waals surface area contributed by atoms with E-state index in [2.05, 4.69) is 10.2 Å². The number of amidine groups is 1. The van der Waals surface area contributed by atoms with Crippen LogP contribution in [0.3, 0.4) is 0 Å². The summed E-state index contributed by atoms with van der Waals surface area (Å²) in [6.45, 7) is 0. The van der Waals surface area contributed by atoms with Gasteiger partial charge in [0, 0.05) is 11.8 Å². The van der Waals surface area contributed by atoms with E-state index in [0.717, 1.165) is 35.5 Å². The second-order valence-corrected chi connectivity index (χ2v) is 5.95. The van der Waals surface area contributed by atoms with Crippen LogP contribution in [0.1, 0.15) is 16.7 Å². The minimum Gasteiger partial charge on any atom is -0.377 e. The van der Waals surface area contributed by atoms with E-state index in [4.69, 9.17) is 5.73 Å². The van der Waals surface area contributed by atoms with Crippen LogP contribution >= 0.6 is 11.8 Å². The van der Waals surface area contributed by atoms with Crippen LogP contribution in [-0.4, -0.2) is 16.3 Å². The summed E-state index contributed by atoms with van der Waals surface area (Å²) in [5.74, 6) is 0.505. The van der Waals surface area contributed by atoms with Gasteiger partial charge in [-0.25, -0.2) is 0 Å². The number of thioether (sulfide) groups is 1. The topological polar surface area (TPSA) is 93.9 Å². The van der Waals surface area contributed by atoms with Crippen LogP contribution in [0.4, 0.5) is 18.9 Å². The van der Waals surface area contributed by atoms with Gasteiger partial charge in [0.2, 0.25) is 0 Å². The molecule has 0 heterocycles. The number of rotatable bonds is 5. The van der Waals surface area contributed by atoms with Crippen molar-refractivity contribution >= 4 is 28.8 Å². The highest BCUT2D eigenvalue weighted by Crippen LogP contribution is 2.34. The van der Waals surface area contributed by atoms with Gasteiger partial charge in [-0.05, 0) is 11.6 Å². The zero-order valence-electron chi connectivity index (χ0n) is 13.2. The Morgan fingerprint density at radius 1 is 1.19 bits per heavy atom. The van der Waals surface area contributed by atoms with E-state index in [-0.39, 0.29) is 5.17 Å². The lowest BCUT2D eigenvalue weighted by Gasteiger charge is -2.09. The van der Waals surface area contributed by atoms with Crippen LogP contribution in [0.2, 0.25) is 0 Å². The summed E-state index contributed by atoms with van der Waals surface area (Å²) in [6, 6.07) is 12.0. The highest BCUT2D eigenvalue weighted by Gasteiger charge is 2.36. The Hall–Kier alpha value is -2.88. The lowest BCUT2D eigenvalue weighted by atomic mass is 10.1. The Labute approximate surface area is 150 Å². The van der Waals surface area contributed by atoms with Gasteiger partial charge in [-0.3, -0.25) is 10.1 Å². The maximum Gasteiger partial charge on any atom is 0.417 e. The third-order valence-electron chi connectivity index (χ3n) is 3.16. The Kier molecular flexibility index (Phi) is 6.34. The molecule has 0 atom stereocenters. The number of alkyl halides is 3. The predicted molar refractivity (Wildman–Crippen MR) is 95.1 cm³/mol. The summed E-state index contributed by atoms with van der Waals surface area (Å²) >= 11 is 1.14. The fourth-order valence-corrected chi connectivity index (χ4v) is 2.61. The molecular weight excluding hydrogens is 369 g/mol. The van der Waals surface area contributed by atoms with E-state index in [9.17, 15) is 23.3 Å². The molecule has 6 nitrogen and oxygen atoms in total. The minimum absolute atomic E-state index is 0.0252. The van der Waals surface area contributed by atoms with E-state index in [0.29, 0.717) is 12.0 Å². The third-order valence-corrected chi connectivity index (χ3v) is 4.01. The molecule has 0 aliphatic rings. The summed E-state index contributed by atoms with van der Waals surface area (Å²) < 4.78 is 39.1. The zero-order chi connectivity index (χ0) is 19.2. The van der Waals surface area contributed by atoms with Crippen LogP contribution in [-0.2, 0) is 11.9 Å². The van der Waals surface area contributed by atoms with E-state index in [1.807, 2.05) is 30.3 Å². The van der Waals surface area contributed by atoms with Gasteiger partial charge in [0.15, 0.2) is 5.17 Å². The largest absolute Gasteiger partial charge is 0.417 e. The Morgan fingerprint density at radius 3 is 2.50 bits per heavy atom. The van der Waals surface area contributed by atoms with Crippen molar-refractivity contribution in [2.45, 2.75) is 11.9 Å². The van der Waals surface area contributed by atoms with E-state index >= 15 is 0 Å². The molecule has 0 radical (unpaired) electrons. The quantitative estimate of drug-likeness (QED) is 0.363. The average molecular weight is 382 g/mol. The molecule has 0 aromatic heterocycles. The van der Waals surface area contributed by atoms with Crippen molar-refractivity contribution in [1.82, 2.24) is 0 Å². The molecule has 10 heteroatoms. The summed E-state index contributed by atoms with van der Waals surface area (Å²) in [5, 5.41) is 18.1. The normalized spacial score (nSPS) is 12.5. The predicted octanol–water partition coefficient (Wildman–Crippen LogP) is 4.20. The smallest absolute Gasteiger partial charge is 0.377 e. The molecule has 2 aromatic rings. The molecule has 0 unspecified atom stereocenters. The number of nitro benzene ring substituents is 1. The number of hydrogen-bond acceptors (Lipinski definition) is 5. The molecule has 0 aliphatic heterocycles. The van der Waals surface area contributed by atoms with E-state index in [1.165, 1.54) is 0 Å². The van der Waals surface area contributed by atoms with E-state index in [1.54, 1.807) is 0 Å². The highest BCUT2D eigenvalue weighted by molar-refractivity contribution is 8.13. The van der Waals surface area contributed by atoms with Gasteiger partial charge in [-0.15, -0.1) is 5.10 Å². The van der Waals surface area contributed by atoms with Crippen LogP contribution in [0.5, 0.6) is 0 Å². The SMILES string of the molecule is NC(=NN=Cc1c([N+](=O)[O-])cccc1C(F)(F)F)SCc1ccccc1. The van der Waals surface area contributed by atoms with Gasteiger partial charge in [-0.2, -0.15) is 18.3 Å². The lowest BCUT2D eigenvalue weighted by Crippen LogP contribution is -2.11. The summed E-state index contributed by atoms with van der Waals surface area (Å²) in [6.07, 6.45) is -4.07. The molecule has 26 heavy (non-hydrogen) atoms. The fraction of sp³-hybridized carbons (Fsp3) is 0.125. The Balaban J connectivity index is 2.19. The number of nitrogens with zero attached hydrogens (tertiary/aromatic N) is 3. The summed E-state index contributed by atoms with van der Waals surface area (Å²) in [4.78, 5) is 10.1. The first-order chi connectivity index (χ1) is 12.3. The Morgan fingerprint density at radius 2 is 1.88 bits per heavy atom. The number of nitro groups is 1. The summed E-state index contributed by atoms with van der Waals surface area (Å²) in [7, 11) is 0. The number of benzene rings is 2. The second kappa shape index (κ2) is 8.48. The lowest BCUT2D eigenvalue weighted by molar-refractivity contribution is -0.385. The molecular formula is C16H13F3N4O2S. The van der Waals surface area contributed by atoms with Crippen molar-refractivity contribution in [2.75, 3.05) is 0 Å². The van der Waals surface area contributed by atoms with Crippen molar-refractivity contribution < 1.29 is 18.1 Å². The molecule has 0 bridgehead atoms. The molecule has 2 N–H and O–H groups in total. The first kappa shape index (κ1) is 19.4. The van der Waals surface area contributed by atoms with Crippen LogP contribution < -0.4 is 5.73 Å². The Bertz CT molecular complexity index is 839. The monoisotopic (exact) mass is 382 g/mol. The minimum atomic E-state index is -4.76. The van der Waals surface area contributed by atoms with Crippen molar-refractivity contribution in [3.05, 3.63) is 75.3 Å². The maximum atomic E-state index is 13.0. The molecule has 2 aromatic carbocycles. The molecule has 0 fully saturated rings. The molecule has 136 valence electrons. The van der Waals surface area contributed by atoms with Gasteiger partial charge in [0.05, 0.1) is 22.3 Å². The van der Waals surface area contributed by atoms with Gasteiger partial charge in [0.1, 0.15) is 0 Å². The standard InChI is InChI=1S/C16H13F3N4O2S/c17-16(18,19)13-7-4-8-14(23(24)25)12(13)9-21-22-15(20)26-10-11-5-2-1-3-6-11/h1-9H,10H2,(H2,20,22). The number of nitrogens with two attached hydrogens (primary N) is 1.